The van der Waals surface area contributed by atoms with Crippen LogP contribution in [0.15, 0.2) is 48.5 Å². The molecule has 0 aliphatic carbocycles. The standard InChI is InChI=1S/C15H12N4O2S/c1-10-5-7-12(8-6-10)16-15-18-17-14(22-15)11-3-2-4-13(9-11)19(20)21/h2-9H,1H3,(H,16,18). The van der Waals surface area contributed by atoms with Gasteiger partial charge in [-0.05, 0) is 19.1 Å². The predicted molar refractivity (Wildman–Crippen MR) is 86.5 cm³/mol. The molecule has 0 bridgehead atoms. The first-order chi connectivity index (χ1) is 10.6. The van der Waals surface area contributed by atoms with E-state index < -0.39 is 4.92 Å². The van der Waals surface area contributed by atoms with E-state index in [1.54, 1.807) is 12.1 Å². The molecule has 0 aliphatic rings. The summed E-state index contributed by atoms with van der Waals surface area (Å²) in [6.07, 6.45) is 0. The van der Waals surface area contributed by atoms with E-state index in [0.29, 0.717) is 15.7 Å². The van der Waals surface area contributed by atoms with Crippen LogP contribution < -0.4 is 5.32 Å². The van der Waals surface area contributed by atoms with Crippen molar-refractivity contribution in [3.63, 3.8) is 0 Å². The molecule has 7 heteroatoms. The molecule has 1 aromatic heterocycles. The highest BCUT2D eigenvalue weighted by Crippen LogP contribution is 2.30. The van der Waals surface area contributed by atoms with Crippen LogP contribution in [-0.4, -0.2) is 15.1 Å². The molecule has 0 aliphatic heterocycles. The molecule has 0 atom stereocenters. The van der Waals surface area contributed by atoms with E-state index in [4.69, 9.17) is 0 Å². The Morgan fingerprint density at radius 3 is 2.64 bits per heavy atom. The third kappa shape index (κ3) is 3.09. The van der Waals surface area contributed by atoms with Gasteiger partial charge in [0.15, 0.2) is 0 Å². The number of nitrogens with one attached hydrogen (secondary N) is 1. The second-order valence-corrected chi connectivity index (χ2v) is 5.69. The molecule has 0 saturated heterocycles. The van der Waals surface area contributed by atoms with Crippen LogP contribution in [0.5, 0.6) is 0 Å². The number of hydrogen-bond donors (Lipinski definition) is 1. The Bertz CT molecular complexity index is 814. The smallest absolute Gasteiger partial charge is 0.270 e. The first kappa shape index (κ1) is 14.2. The molecular weight excluding hydrogens is 300 g/mol. The van der Waals surface area contributed by atoms with Gasteiger partial charge in [-0.25, -0.2) is 0 Å². The molecule has 0 radical (unpaired) electrons. The van der Waals surface area contributed by atoms with Gasteiger partial charge in [-0.15, -0.1) is 10.2 Å². The van der Waals surface area contributed by atoms with Crippen LogP contribution in [0.1, 0.15) is 5.56 Å². The Labute approximate surface area is 130 Å². The van der Waals surface area contributed by atoms with Crippen LogP contribution in [0.3, 0.4) is 0 Å². The maximum atomic E-state index is 10.8. The number of nitro benzene ring substituents is 1. The molecule has 0 saturated carbocycles. The molecule has 0 amide bonds. The summed E-state index contributed by atoms with van der Waals surface area (Å²) in [5.41, 5.74) is 2.83. The van der Waals surface area contributed by atoms with Gasteiger partial charge in [0.05, 0.1) is 4.92 Å². The predicted octanol–water partition coefficient (Wildman–Crippen LogP) is 4.17. The number of nitro groups is 1. The lowest BCUT2D eigenvalue weighted by Crippen LogP contribution is -1.88. The topological polar surface area (TPSA) is 81.0 Å². The number of aromatic nitrogens is 2. The third-order valence-corrected chi connectivity index (χ3v) is 3.92. The van der Waals surface area contributed by atoms with E-state index in [1.165, 1.54) is 29.0 Å². The number of rotatable bonds is 4. The summed E-state index contributed by atoms with van der Waals surface area (Å²) in [6, 6.07) is 14.3. The monoisotopic (exact) mass is 312 g/mol. The number of non-ortho nitro benzene ring substituents is 1. The zero-order chi connectivity index (χ0) is 15.5. The zero-order valence-corrected chi connectivity index (χ0v) is 12.5. The lowest BCUT2D eigenvalue weighted by molar-refractivity contribution is -0.384. The lowest BCUT2D eigenvalue weighted by Gasteiger charge is -2.01. The van der Waals surface area contributed by atoms with Crippen molar-refractivity contribution >= 4 is 27.8 Å². The Kier molecular flexibility index (Phi) is 3.80. The number of anilines is 2. The fraction of sp³-hybridized carbons (Fsp3) is 0.0667. The van der Waals surface area contributed by atoms with Gasteiger partial charge >= 0.3 is 0 Å². The minimum absolute atomic E-state index is 0.0424. The average molecular weight is 312 g/mol. The molecular formula is C15H12N4O2S. The lowest BCUT2D eigenvalue weighted by atomic mass is 10.2. The van der Waals surface area contributed by atoms with Gasteiger partial charge in [0.25, 0.3) is 5.69 Å². The first-order valence-corrected chi connectivity index (χ1v) is 7.35. The van der Waals surface area contributed by atoms with Gasteiger partial charge in [-0.1, -0.05) is 41.2 Å². The first-order valence-electron chi connectivity index (χ1n) is 6.54. The van der Waals surface area contributed by atoms with E-state index >= 15 is 0 Å². The summed E-state index contributed by atoms with van der Waals surface area (Å²) in [5.74, 6) is 0. The van der Waals surface area contributed by atoms with Crippen LogP contribution in [0.4, 0.5) is 16.5 Å². The van der Waals surface area contributed by atoms with Crippen molar-refractivity contribution in [3.05, 3.63) is 64.2 Å². The summed E-state index contributed by atoms with van der Waals surface area (Å²) in [7, 11) is 0. The van der Waals surface area contributed by atoms with Crippen LogP contribution in [0, 0.1) is 17.0 Å². The van der Waals surface area contributed by atoms with Crippen molar-refractivity contribution in [1.29, 1.82) is 0 Å². The third-order valence-electron chi connectivity index (χ3n) is 3.03. The van der Waals surface area contributed by atoms with Crippen molar-refractivity contribution < 1.29 is 4.92 Å². The highest BCUT2D eigenvalue weighted by Gasteiger charge is 2.11. The van der Waals surface area contributed by atoms with Crippen molar-refractivity contribution in [2.24, 2.45) is 0 Å². The van der Waals surface area contributed by atoms with Crippen molar-refractivity contribution in [2.45, 2.75) is 6.92 Å². The van der Waals surface area contributed by atoms with Gasteiger partial charge in [-0.2, -0.15) is 0 Å². The molecule has 110 valence electrons. The SMILES string of the molecule is Cc1ccc(Nc2nnc(-c3cccc([N+](=O)[O-])c3)s2)cc1. The highest BCUT2D eigenvalue weighted by atomic mass is 32.1. The van der Waals surface area contributed by atoms with Crippen LogP contribution in [0.25, 0.3) is 10.6 Å². The largest absolute Gasteiger partial charge is 0.330 e. The maximum absolute atomic E-state index is 10.8. The number of benzene rings is 2. The Balaban J connectivity index is 1.83. The number of nitrogens with zero attached hydrogens (tertiary/aromatic N) is 3. The van der Waals surface area contributed by atoms with Gasteiger partial charge in [-0.3, -0.25) is 10.1 Å². The maximum Gasteiger partial charge on any atom is 0.270 e. The number of aryl methyl sites for hydroxylation is 1. The fourth-order valence-corrected chi connectivity index (χ4v) is 2.66. The molecule has 3 rings (SSSR count). The second kappa shape index (κ2) is 5.90. The molecule has 0 unspecified atom stereocenters. The molecule has 1 heterocycles. The summed E-state index contributed by atoms with van der Waals surface area (Å²) >= 11 is 1.35. The fourth-order valence-electron chi connectivity index (χ4n) is 1.90. The van der Waals surface area contributed by atoms with E-state index in [1.807, 2.05) is 31.2 Å². The minimum Gasteiger partial charge on any atom is -0.330 e. The van der Waals surface area contributed by atoms with Crippen molar-refractivity contribution in [1.82, 2.24) is 10.2 Å². The van der Waals surface area contributed by atoms with Gasteiger partial charge < -0.3 is 5.32 Å². The van der Waals surface area contributed by atoms with Crippen molar-refractivity contribution in [2.75, 3.05) is 5.32 Å². The van der Waals surface area contributed by atoms with Crippen LogP contribution in [0.2, 0.25) is 0 Å². The van der Waals surface area contributed by atoms with Crippen LogP contribution in [-0.2, 0) is 0 Å². The normalized spacial score (nSPS) is 10.4. The molecule has 3 aromatic rings. The Morgan fingerprint density at radius 1 is 1.14 bits per heavy atom. The summed E-state index contributed by atoms with van der Waals surface area (Å²) in [4.78, 5) is 10.4. The second-order valence-electron chi connectivity index (χ2n) is 4.71. The van der Waals surface area contributed by atoms with E-state index in [9.17, 15) is 10.1 Å². The highest BCUT2D eigenvalue weighted by molar-refractivity contribution is 7.18. The van der Waals surface area contributed by atoms with Gasteiger partial charge in [0.2, 0.25) is 5.13 Å². The van der Waals surface area contributed by atoms with E-state index in [2.05, 4.69) is 15.5 Å². The molecule has 1 N–H and O–H groups in total. The van der Waals surface area contributed by atoms with Gasteiger partial charge in [0.1, 0.15) is 5.01 Å². The van der Waals surface area contributed by atoms with Crippen molar-refractivity contribution in [3.8, 4) is 10.6 Å². The number of hydrogen-bond acceptors (Lipinski definition) is 6. The van der Waals surface area contributed by atoms with E-state index in [0.717, 1.165) is 5.69 Å². The minimum atomic E-state index is -0.421. The summed E-state index contributed by atoms with van der Waals surface area (Å²) in [6.45, 7) is 2.02. The van der Waals surface area contributed by atoms with E-state index in [-0.39, 0.29) is 5.69 Å². The van der Waals surface area contributed by atoms with Gasteiger partial charge in [0, 0.05) is 23.4 Å². The Morgan fingerprint density at radius 2 is 1.91 bits per heavy atom. The molecule has 0 fully saturated rings. The Hall–Kier alpha value is -2.80. The summed E-state index contributed by atoms with van der Waals surface area (Å²) in [5, 5.41) is 23.4. The van der Waals surface area contributed by atoms with Crippen LogP contribution >= 0.6 is 11.3 Å². The summed E-state index contributed by atoms with van der Waals surface area (Å²) < 4.78 is 0. The molecule has 0 spiro atoms. The molecule has 22 heavy (non-hydrogen) atoms. The average Bonchev–Trinajstić information content (AvgIpc) is 2.98. The molecule has 6 nitrogen and oxygen atoms in total. The molecule has 2 aromatic carbocycles. The zero-order valence-electron chi connectivity index (χ0n) is 11.7. The quantitative estimate of drug-likeness (QED) is 0.577.